The first kappa shape index (κ1) is 16.8. The summed E-state index contributed by atoms with van der Waals surface area (Å²) >= 11 is 0. The van der Waals surface area contributed by atoms with Crippen LogP contribution in [0.4, 0.5) is 0 Å². The second-order valence-electron chi connectivity index (χ2n) is 6.97. The van der Waals surface area contributed by atoms with Gasteiger partial charge in [-0.2, -0.15) is 5.10 Å². The average Bonchev–Trinajstić information content (AvgIpc) is 3.11. The van der Waals surface area contributed by atoms with Gasteiger partial charge in [-0.05, 0) is 31.0 Å². The summed E-state index contributed by atoms with van der Waals surface area (Å²) in [6.07, 6.45) is 4.34. The SMILES string of the molecule is C[C@@H](CCn1cncn1)NCC(C)(C)c1ccc2c(c1)OCCO2. The van der Waals surface area contributed by atoms with Crippen molar-refractivity contribution < 1.29 is 9.47 Å². The molecule has 2 heterocycles. The largest absolute Gasteiger partial charge is 0.486 e. The first-order chi connectivity index (χ1) is 11.5. The molecule has 1 N–H and O–H groups in total. The first-order valence-electron chi connectivity index (χ1n) is 8.50. The highest BCUT2D eigenvalue weighted by Gasteiger charge is 2.23. The number of hydrogen-bond acceptors (Lipinski definition) is 5. The van der Waals surface area contributed by atoms with E-state index in [4.69, 9.17) is 9.47 Å². The van der Waals surface area contributed by atoms with Crippen LogP contribution in [0.2, 0.25) is 0 Å². The number of nitrogens with zero attached hydrogens (tertiary/aromatic N) is 3. The summed E-state index contributed by atoms with van der Waals surface area (Å²) in [6, 6.07) is 6.66. The second kappa shape index (κ2) is 7.21. The van der Waals surface area contributed by atoms with Gasteiger partial charge in [0, 0.05) is 24.5 Å². The molecule has 24 heavy (non-hydrogen) atoms. The van der Waals surface area contributed by atoms with Crippen molar-refractivity contribution in [3.05, 3.63) is 36.4 Å². The van der Waals surface area contributed by atoms with E-state index in [0.29, 0.717) is 19.3 Å². The van der Waals surface area contributed by atoms with E-state index in [2.05, 4.69) is 48.3 Å². The monoisotopic (exact) mass is 330 g/mol. The Labute approximate surface area is 143 Å². The first-order valence-corrected chi connectivity index (χ1v) is 8.50. The molecule has 3 rings (SSSR count). The van der Waals surface area contributed by atoms with Crippen LogP contribution in [-0.4, -0.2) is 40.6 Å². The number of ether oxygens (including phenoxy) is 2. The summed E-state index contributed by atoms with van der Waals surface area (Å²) in [5, 5.41) is 7.77. The van der Waals surface area contributed by atoms with Crippen molar-refractivity contribution >= 4 is 0 Å². The smallest absolute Gasteiger partial charge is 0.161 e. The molecule has 0 radical (unpaired) electrons. The molecule has 1 atom stereocenters. The van der Waals surface area contributed by atoms with Crippen LogP contribution in [0.5, 0.6) is 11.5 Å². The lowest BCUT2D eigenvalue weighted by atomic mass is 9.84. The van der Waals surface area contributed by atoms with Gasteiger partial charge in [0.2, 0.25) is 0 Å². The van der Waals surface area contributed by atoms with E-state index < -0.39 is 0 Å². The van der Waals surface area contributed by atoms with Gasteiger partial charge in [0.1, 0.15) is 25.9 Å². The van der Waals surface area contributed by atoms with Crippen molar-refractivity contribution in [1.29, 1.82) is 0 Å². The number of aromatic nitrogens is 3. The lowest BCUT2D eigenvalue weighted by Crippen LogP contribution is -2.38. The molecule has 0 bridgehead atoms. The van der Waals surface area contributed by atoms with Gasteiger partial charge in [-0.3, -0.25) is 4.68 Å². The van der Waals surface area contributed by atoms with Crippen molar-refractivity contribution in [1.82, 2.24) is 20.1 Å². The predicted octanol–water partition coefficient (Wildman–Crippen LogP) is 2.40. The van der Waals surface area contributed by atoms with Crippen molar-refractivity contribution in [3.63, 3.8) is 0 Å². The molecule has 0 fully saturated rings. The van der Waals surface area contributed by atoms with Gasteiger partial charge < -0.3 is 14.8 Å². The van der Waals surface area contributed by atoms with Gasteiger partial charge in [0.05, 0.1) is 0 Å². The summed E-state index contributed by atoms with van der Waals surface area (Å²) in [5.41, 5.74) is 1.26. The molecule has 0 aliphatic carbocycles. The standard InChI is InChI=1S/C18H26N4O2/c1-14(6-7-22-13-19-12-21-22)20-11-18(2,3)15-4-5-16-17(10-15)24-9-8-23-16/h4-5,10,12-14,20H,6-9,11H2,1-3H3/t14-/m0/s1. The molecule has 6 nitrogen and oxygen atoms in total. The van der Waals surface area contributed by atoms with Crippen LogP contribution in [0, 0.1) is 0 Å². The third kappa shape index (κ3) is 4.06. The Hall–Kier alpha value is -2.08. The Morgan fingerprint density at radius 3 is 2.79 bits per heavy atom. The van der Waals surface area contributed by atoms with Gasteiger partial charge in [-0.15, -0.1) is 0 Å². The molecular weight excluding hydrogens is 304 g/mol. The van der Waals surface area contributed by atoms with Gasteiger partial charge in [0.15, 0.2) is 11.5 Å². The number of fused-ring (bicyclic) bond motifs is 1. The molecule has 0 saturated carbocycles. The van der Waals surface area contributed by atoms with Crippen LogP contribution in [-0.2, 0) is 12.0 Å². The number of benzene rings is 1. The summed E-state index contributed by atoms with van der Waals surface area (Å²) in [6.45, 7) is 9.71. The van der Waals surface area contributed by atoms with Gasteiger partial charge in [-0.25, -0.2) is 4.98 Å². The molecule has 2 aromatic rings. The lowest BCUT2D eigenvalue weighted by molar-refractivity contribution is 0.171. The van der Waals surface area contributed by atoms with Crippen LogP contribution in [0.25, 0.3) is 0 Å². The van der Waals surface area contributed by atoms with Crippen molar-refractivity contribution in [2.75, 3.05) is 19.8 Å². The Morgan fingerprint density at radius 1 is 1.25 bits per heavy atom. The van der Waals surface area contributed by atoms with Crippen molar-refractivity contribution in [3.8, 4) is 11.5 Å². The molecule has 1 aromatic carbocycles. The number of aryl methyl sites for hydroxylation is 1. The molecule has 0 saturated heterocycles. The number of hydrogen-bond donors (Lipinski definition) is 1. The number of rotatable bonds is 7. The molecule has 130 valence electrons. The fourth-order valence-corrected chi connectivity index (χ4v) is 2.77. The molecule has 1 aliphatic heterocycles. The van der Waals surface area contributed by atoms with Crippen LogP contribution < -0.4 is 14.8 Å². The summed E-state index contributed by atoms with van der Waals surface area (Å²) in [4.78, 5) is 3.97. The van der Waals surface area contributed by atoms with Crippen LogP contribution in [0.1, 0.15) is 32.8 Å². The minimum absolute atomic E-state index is 0.0113. The van der Waals surface area contributed by atoms with E-state index in [9.17, 15) is 0 Å². The molecule has 0 spiro atoms. The molecule has 0 unspecified atom stereocenters. The topological polar surface area (TPSA) is 61.2 Å². The maximum Gasteiger partial charge on any atom is 0.161 e. The second-order valence-corrected chi connectivity index (χ2v) is 6.97. The Morgan fingerprint density at radius 2 is 2.04 bits per heavy atom. The minimum atomic E-state index is 0.0113. The van der Waals surface area contributed by atoms with Gasteiger partial charge in [0.25, 0.3) is 0 Å². The van der Waals surface area contributed by atoms with E-state index in [0.717, 1.165) is 31.0 Å². The summed E-state index contributed by atoms with van der Waals surface area (Å²) in [5.74, 6) is 1.70. The van der Waals surface area contributed by atoms with Crippen LogP contribution >= 0.6 is 0 Å². The predicted molar refractivity (Wildman–Crippen MR) is 92.6 cm³/mol. The highest BCUT2D eigenvalue weighted by atomic mass is 16.6. The normalized spacial score (nSPS) is 15.3. The zero-order valence-electron chi connectivity index (χ0n) is 14.7. The fourth-order valence-electron chi connectivity index (χ4n) is 2.77. The van der Waals surface area contributed by atoms with E-state index in [1.807, 2.05) is 10.7 Å². The van der Waals surface area contributed by atoms with Gasteiger partial charge in [-0.1, -0.05) is 19.9 Å². The summed E-state index contributed by atoms with van der Waals surface area (Å²) in [7, 11) is 0. The lowest BCUT2D eigenvalue weighted by Gasteiger charge is -2.29. The van der Waals surface area contributed by atoms with E-state index in [1.165, 1.54) is 5.56 Å². The maximum atomic E-state index is 5.70. The Bertz CT molecular complexity index is 655. The zero-order valence-corrected chi connectivity index (χ0v) is 14.7. The summed E-state index contributed by atoms with van der Waals surface area (Å²) < 4.78 is 13.2. The minimum Gasteiger partial charge on any atom is -0.486 e. The molecule has 0 amide bonds. The quantitative estimate of drug-likeness (QED) is 0.845. The highest BCUT2D eigenvalue weighted by Crippen LogP contribution is 2.34. The molecule has 1 aromatic heterocycles. The zero-order chi connectivity index (χ0) is 17.0. The maximum absolute atomic E-state index is 5.70. The molecule has 6 heteroatoms. The van der Waals surface area contributed by atoms with E-state index in [-0.39, 0.29) is 5.41 Å². The third-order valence-corrected chi connectivity index (χ3v) is 4.47. The van der Waals surface area contributed by atoms with Crippen LogP contribution in [0.3, 0.4) is 0 Å². The molecule has 1 aliphatic rings. The van der Waals surface area contributed by atoms with Gasteiger partial charge >= 0.3 is 0 Å². The van der Waals surface area contributed by atoms with E-state index >= 15 is 0 Å². The Kier molecular flexibility index (Phi) is 5.04. The van der Waals surface area contributed by atoms with Crippen molar-refractivity contribution in [2.24, 2.45) is 0 Å². The highest BCUT2D eigenvalue weighted by molar-refractivity contribution is 5.45. The average molecular weight is 330 g/mol. The number of nitrogens with one attached hydrogen (secondary N) is 1. The van der Waals surface area contributed by atoms with Crippen molar-refractivity contribution in [2.45, 2.75) is 45.2 Å². The van der Waals surface area contributed by atoms with E-state index in [1.54, 1.807) is 12.7 Å². The fraction of sp³-hybridized carbons (Fsp3) is 0.556. The van der Waals surface area contributed by atoms with Crippen LogP contribution in [0.15, 0.2) is 30.9 Å². The molecular formula is C18H26N4O2. The Balaban J connectivity index is 1.55. The third-order valence-electron chi connectivity index (χ3n) is 4.47.